The number of halogens is 4. The summed E-state index contributed by atoms with van der Waals surface area (Å²) < 4.78 is 44.3. The predicted molar refractivity (Wildman–Crippen MR) is 76.7 cm³/mol. The van der Waals surface area contributed by atoms with Gasteiger partial charge in [-0.05, 0) is 24.1 Å². The second-order valence-electron chi connectivity index (χ2n) is 4.69. The van der Waals surface area contributed by atoms with Crippen molar-refractivity contribution in [2.24, 2.45) is 0 Å². The van der Waals surface area contributed by atoms with Gasteiger partial charge in [0.25, 0.3) is 0 Å². The summed E-state index contributed by atoms with van der Waals surface area (Å²) in [5, 5.41) is 0.563. The Kier molecular flexibility index (Phi) is 4.93. The fraction of sp³-hybridized carbons (Fsp3) is 0.400. The number of nitrogens with zero attached hydrogens (tertiary/aromatic N) is 1. The van der Waals surface area contributed by atoms with Crippen molar-refractivity contribution in [2.45, 2.75) is 31.8 Å². The lowest BCUT2D eigenvalue weighted by molar-refractivity contribution is -0.141. The molecular formula is C15H15ClF3NO. The molecule has 6 heteroatoms. The van der Waals surface area contributed by atoms with Crippen molar-refractivity contribution in [3.8, 4) is 5.75 Å². The van der Waals surface area contributed by atoms with Crippen molar-refractivity contribution >= 4 is 22.5 Å². The second-order valence-corrected chi connectivity index (χ2v) is 4.96. The minimum absolute atomic E-state index is 0.210. The standard InChI is InChI=1S/C15H15ClF3NO/c1-2-3-6-21-13-8-14(15(17,18)19)20-12-7-10(9-16)4-5-11(12)13/h4-5,7-8H,2-3,6,9H2,1H3. The third-order valence-corrected chi connectivity index (χ3v) is 3.35. The van der Waals surface area contributed by atoms with Gasteiger partial charge in [0.15, 0.2) is 0 Å². The van der Waals surface area contributed by atoms with Crippen molar-refractivity contribution in [3.63, 3.8) is 0 Å². The van der Waals surface area contributed by atoms with Crippen molar-refractivity contribution in [1.29, 1.82) is 0 Å². The lowest BCUT2D eigenvalue weighted by Crippen LogP contribution is -2.09. The van der Waals surface area contributed by atoms with Gasteiger partial charge in [-0.25, -0.2) is 4.98 Å². The summed E-state index contributed by atoms with van der Waals surface area (Å²) in [6.45, 7) is 2.37. The molecule has 1 aromatic carbocycles. The van der Waals surface area contributed by atoms with Gasteiger partial charge >= 0.3 is 6.18 Å². The van der Waals surface area contributed by atoms with Crippen molar-refractivity contribution < 1.29 is 17.9 Å². The van der Waals surface area contributed by atoms with Crippen LogP contribution in [0.5, 0.6) is 5.75 Å². The van der Waals surface area contributed by atoms with Crippen LogP contribution in [0, 0.1) is 0 Å². The molecule has 0 aliphatic rings. The maximum atomic E-state index is 12.9. The Morgan fingerprint density at radius 1 is 1.24 bits per heavy atom. The fourth-order valence-electron chi connectivity index (χ4n) is 1.92. The van der Waals surface area contributed by atoms with Gasteiger partial charge in [-0.1, -0.05) is 19.4 Å². The van der Waals surface area contributed by atoms with E-state index in [1.54, 1.807) is 18.2 Å². The van der Waals surface area contributed by atoms with E-state index < -0.39 is 11.9 Å². The number of hydrogen-bond donors (Lipinski definition) is 0. The van der Waals surface area contributed by atoms with Crippen LogP contribution < -0.4 is 4.74 Å². The third-order valence-electron chi connectivity index (χ3n) is 3.04. The molecule has 0 amide bonds. The zero-order valence-corrected chi connectivity index (χ0v) is 12.3. The number of unbranched alkanes of at least 4 members (excludes halogenated alkanes) is 1. The van der Waals surface area contributed by atoms with Gasteiger partial charge in [-0.2, -0.15) is 13.2 Å². The first-order valence-corrected chi connectivity index (χ1v) is 7.18. The lowest BCUT2D eigenvalue weighted by atomic mass is 10.1. The maximum Gasteiger partial charge on any atom is 0.433 e. The van der Waals surface area contributed by atoms with E-state index >= 15 is 0 Å². The molecule has 21 heavy (non-hydrogen) atoms. The zero-order chi connectivity index (χ0) is 15.5. The molecule has 0 spiro atoms. The first-order valence-electron chi connectivity index (χ1n) is 6.65. The molecule has 114 valence electrons. The number of pyridine rings is 1. The van der Waals surface area contributed by atoms with E-state index in [2.05, 4.69) is 4.98 Å². The molecule has 2 nitrogen and oxygen atoms in total. The molecular weight excluding hydrogens is 303 g/mol. The highest BCUT2D eigenvalue weighted by Crippen LogP contribution is 2.34. The molecule has 0 aliphatic carbocycles. The van der Waals surface area contributed by atoms with E-state index in [1.165, 1.54) is 0 Å². The number of benzene rings is 1. The van der Waals surface area contributed by atoms with Gasteiger partial charge in [0.1, 0.15) is 11.4 Å². The summed E-state index contributed by atoms with van der Waals surface area (Å²) in [5.74, 6) is 0.432. The Morgan fingerprint density at radius 2 is 2.00 bits per heavy atom. The quantitative estimate of drug-likeness (QED) is 0.560. The van der Waals surface area contributed by atoms with Crippen LogP contribution in [-0.4, -0.2) is 11.6 Å². The molecule has 0 fully saturated rings. The summed E-state index contributed by atoms with van der Waals surface area (Å²) in [6.07, 6.45) is -2.81. The molecule has 2 aromatic rings. The minimum atomic E-state index is -4.51. The van der Waals surface area contributed by atoms with Crippen molar-refractivity contribution in [2.75, 3.05) is 6.61 Å². The molecule has 0 saturated heterocycles. The van der Waals surface area contributed by atoms with Crippen LogP contribution in [0.3, 0.4) is 0 Å². The minimum Gasteiger partial charge on any atom is -0.493 e. The highest BCUT2D eigenvalue weighted by atomic mass is 35.5. The van der Waals surface area contributed by atoms with Gasteiger partial charge < -0.3 is 4.74 Å². The fourth-order valence-corrected chi connectivity index (χ4v) is 2.08. The van der Waals surface area contributed by atoms with Crippen LogP contribution in [-0.2, 0) is 12.1 Å². The monoisotopic (exact) mass is 317 g/mol. The van der Waals surface area contributed by atoms with Crippen LogP contribution in [0.2, 0.25) is 0 Å². The topological polar surface area (TPSA) is 22.1 Å². The van der Waals surface area contributed by atoms with Gasteiger partial charge in [-0.15, -0.1) is 11.6 Å². The van der Waals surface area contributed by atoms with Gasteiger partial charge in [0.05, 0.1) is 12.1 Å². The maximum absolute atomic E-state index is 12.9. The predicted octanol–water partition coefficient (Wildman–Crippen LogP) is 5.17. The highest BCUT2D eigenvalue weighted by Gasteiger charge is 2.33. The molecule has 0 atom stereocenters. The Balaban J connectivity index is 2.52. The summed E-state index contributed by atoms with van der Waals surface area (Å²) in [5.41, 5.74) is 0.0122. The van der Waals surface area contributed by atoms with E-state index in [9.17, 15) is 13.2 Å². The lowest BCUT2D eigenvalue weighted by Gasteiger charge is -2.13. The molecule has 0 saturated carbocycles. The van der Waals surface area contributed by atoms with E-state index in [0.717, 1.165) is 24.5 Å². The number of alkyl halides is 4. The Hall–Kier alpha value is -1.49. The number of rotatable bonds is 5. The first kappa shape index (κ1) is 15.9. The van der Waals surface area contributed by atoms with E-state index in [1.807, 2.05) is 6.92 Å². The van der Waals surface area contributed by atoms with Crippen LogP contribution in [0.1, 0.15) is 31.0 Å². The van der Waals surface area contributed by atoms with E-state index in [4.69, 9.17) is 16.3 Å². The molecule has 0 unspecified atom stereocenters. The molecule has 0 aliphatic heterocycles. The molecule has 0 N–H and O–H groups in total. The molecule has 1 heterocycles. The normalized spacial score (nSPS) is 11.9. The Labute approximate surface area is 125 Å². The summed E-state index contributed by atoms with van der Waals surface area (Å²) in [4.78, 5) is 3.68. The van der Waals surface area contributed by atoms with E-state index in [0.29, 0.717) is 12.0 Å². The van der Waals surface area contributed by atoms with Crippen molar-refractivity contribution in [1.82, 2.24) is 4.98 Å². The van der Waals surface area contributed by atoms with Crippen LogP contribution in [0.15, 0.2) is 24.3 Å². The smallest absolute Gasteiger partial charge is 0.433 e. The molecule has 0 bridgehead atoms. The summed E-state index contributed by atoms with van der Waals surface area (Å²) >= 11 is 5.72. The number of ether oxygens (including phenoxy) is 1. The second kappa shape index (κ2) is 6.52. The van der Waals surface area contributed by atoms with E-state index in [-0.39, 0.29) is 17.1 Å². The third kappa shape index (κ3) is 3.79. The van der Waals surface area contributed by atoms with Gasteiger partial charge in [0.2, 0.25) is 0 Å². The molecule has 0 radical (unpaired) electrons. The average molecular weight is 318 g/mol. The highest BCUT2D eigenvalue weighted by molar-refractivity contribution is 6.17. The van der Waals surface area contributed by atoms with Crippen LogP contribution >= 0.6 is 11.6 Å². The van der Waals surface area contributed by atoms with Gasteiger partial charge in [-0.3, -0.25) is 0 Å². The average Bonchev–Trinajstić information content (AvgIpc) is 2.45. The van der Waals surface area contributed by atoms with Crippen molar-refractivity contribution in [3.05, 3.63) is 35.5 Å². The SMILES string of the molecule is CCCCOc1cc(C(F)(F)F)nc2cc(CCl)ccc12. The number of aromatic nitrogens is 1. The largest absolute Gasteiger partial charge is 0.493 e. The summed E-state index contributed by atoms with van der Waals surface area (Å²) in [6, 6.07) is 5.97. The summed E-state index contributed by atoms with van der Waals surface area (Å²) in [7, 11) is 0. The van der Waals surface area contributed by atoms with Gasteiger partial charge in [0, 0.05) is 17.3 Å². The molecule has 2 rings (SSSR count). The number of fused-ring (bicyclic) bond motifs is 1. The number of hydrogen-bond acceptors (Lipinski definition) is 2. The zero-order valence-electron chi connectivity index (χ0n) is 11.5. The van der Waals surface area contributed by atoms with Crippen LogP contribution in [0.4, 0.5) is 13.2 Å². The Bertz CT molecular complexity index is 628. The first-order chi connectivity index (χ1) is 9.95. The van der Waals surface area contributed by atoms with Crippen LogP contribution in [0.25, 0.3) is 10.9 Å². The molecule has 1 aromatic heterocycles. The Morgan fingerprint density at radius 3 is 2.62 bits per heavy atom.